The summed E-state index contributed by atoms with van der Waals surface area (Å²) in [6, 6.07) is 4.17. The van der Waals surface area contributed by atoms with Crippen LogP contribution in [0.3, 0.4) is 0 Å². The molecule has 0 N–H and O–H groups in total. The fourth-order valence-corrected chi connectivity index (χ4v) is 4.70. The van der Waals surface area contributed by atoms with E-state index in [4.69, 9.17) is 4.74 Å². The highest BCUT2D eigenvalue weighted by Crippen LogP contribution is 2.61. The second-order valence-corrected chi connectivity index (χ2v) is 6.60. The SMILES string of the molecule is Cc1ccc(C)c2c1CC[C@]13CC=CC[C@]21C(=O)OC3=O. The maximum Gasteiger partial charge on any atom is 0.325 e. The molecule has 108 valence electrons. The number of aryl methyl sites for hydroxylation is 2. The van der Waals surface area contributed by atoms with E-state index in [1.165, 1.54) is 11.1 Å². The quantitative estimate of drug-likeness (QED) is 0.417. The monoisotopic (exact) mass is 282 g/mol. The Balaban J connectivity index is 2.11. The van der Waals surface area contributed by atoms with Gasteiger partial charge in [-0.2, -0.15) is 0 Å². The number of esters is 2. The van der Waals surface area contributed by atoms with Crippen molar-refractivity contribution in [2.24, 2.45) is 5.41 Å². The molecule has 21 heavy (non-hydrogen) atoms. The molecule has 3 aliphatic rings. The van der Waals surface area contributed by atoms with E-state index < -0.39 is 10.8 Å². The number of cyclic esters (lactones) is 2. The third-order valence-corrected chi connectivity index (χ3v) is 5.78. The Kier molecular flexibility index (Phi) is 2.35. The van der Waals surface area contributed by atoms with E-state index in [2.05, 4.69) is 19.1 Å². The van der Waals surface area contributed by atoms with E-state index in [1.807, 2.05) is 19.1 Å². The maximum atomic E-state index is 12.7. The summed E-state index contributed by atoms with van der Waals surface area (Å²) in [5.41, 5.74) is 3.15. The summed E-state index contributed by atoms with van der Waals surface area (Å²) < 4.78 is 5.17. The number of hydrogen-bond donors (Lipinski definition) is 0. The highest BCUT2D eigenvalue weighted by molar-refractivity contribution is 6.06. The lowest BCUT2D eigenvalue weighted by Crippen LogP contribution is -2.53. The van der Waals surface area contributed by atoms with Crippen molar-refractivity contribution >= 4 is 11.9 Å². The predicted molar refractivity (Wildman–Crippen MR) is 77.8 cm³/mol. The number of rotatable bonds is 0. The number of carbonyl (C=O) groups is 2. The summed E-state index contributed by atoms with van der Waals surface area (Å²) in [6.07, 6.45) is 6.82. The normalized spacial score (nSPS) is 33.2. The molecule has 3 nitrogen and oxygen atoms in total. The summed E-state index contributed by atoms with van der Waals surface area (Å²) in [5, 5.41) is 0. The van der Waals surface area contributed by atoms with Crippen molar-refractivity contribution in [2.45, 2.75) is 44.9 Å². The van der Waals surface area contributed by atoms with Crippen molar-refractivity contribution in [3.05, 3.63) is 46.5 Å². The Labute approximate surface area is 124 Å². The Hall–Kier alpha value is -1.90. The van der Waals surface area contributed by atoms with Crippen molar-refractivity contribution in [3.63, 3.8) is 0 Å². The molecule has 1 aliphatic heterocycles. The van der Waals surface area contributed by atoms with Crippen molar-refractivity contribution in [1.82, 2.24) is 0 Å². The van der Waals surface area contributed by atoms with Gasteiger partial charge in [0.2, 0.25) is 0 Å². The number of allylic oxidation sites excluding steroid dienone is 2. The highest BCUT2D eigenvalue weighted by Gasteiger charge is 2.70. The van der Waals surface area contributed by atoms with E-state index in [0.29, 0.717) is 19.3 Å². The molecule has 2 aliphatic carbocycles. The summed E-state index contributed by atoms with van der Waals surface area (Å²) >= 11 is 0. The minimum absolute atomic E-state index is 0.316. The van der Waals surface area contributed by atoms with Gasteiger partial charge in [0, 0.05) is 0 Å². The van der Waals surface area contributed by atoms with Crippen LogP contribution in [0.1, 0.15) is 41.5 Å². The second kappa shape index (κ2) is 3.85. The molecule has 0 bridgehead atoms. The first-order chi connectivity index (χ1) is 10.0. The Morgan fingerprint density at radius 2 is 1.71 bits per heavy atom. The van der Waals surface area contributed by atoms with Crippen LogP contribution in [0.25, 0.3) is 0 Å². The fourth-order valence-electron chi connectivity index (χ4n) is 4.70. The Bertz CT molecular complexity index is 715. The summed E-state index contributed by atoms with van der Waals surface area (Å²) in [5.74, 6) is -0.657. The lowest BCUT2D eigenvalue weighted by Gasteiger charge is -2.47. The van der Waals surface area contributed by atoms with E-state index >= 15 is 0 Å². The van der Waals surface area contributed by atoms with Gasteiger partial charge >= 0.3 is 11.9 Å². The van der Waals surface area contributed by atoms with Gasteiger partial charge in [-0.15, -0.1) is 0 Å². The first-order valence-electron chi connectivity index (χ1n) is 7.54. The molecule has 4 rings (SSSR count). The fraction of sp³-hybridized carbons (Fsp3) is 0.444. The van der Waals surface area contributed by atoms with Gasteiger partial charge in [0.05, 0.1) is 5.41 Å². The molecule has 3 heteroatoms. The smallest absolute Gasteiger partial charge is 0.325 e. The molecule has 0 unspecified atom stereocenters. The van der Waals surface area contributed by atoms with Crippen LogP contribution < -0.4 is 0 Å². The van der Waals surface area contributed by atoms with Crippen LogP contribution >= 0.6 is 0 Å². The topological polar surface area (TPSA) is 43.4 Å². The third kappa shape index (κ3) is 1.26. The van der Waals surface area contributed by atoms with Crippen LogP contribution in [-0.4, -0.2) is 11.9 Å². The third-order valence-electron chi connectivity index (χ3n) is 5.78. The van der Waals surface area contributed by atoms with Gasteiger partial charge < -0.3 is 4.74 Å². The predicted octanol–water partition coefficient (Wildman–Crippen LogP) is 2.91. The molecular weight excluding hydrogens is 264 g/mol. The van der Waals surface area contributed by atoms with Gasteiger partial charge in [-0.3, -0.25) is 9.59 Å². The summed E-state index contributed by atoms with van der Waals surface area (Å²) in [4.78, 5) is 25.2. The summed E-state index contributed by atoms with van der Waals surface area (Å²) in [6.45, 7) is 4.13. The first kappa shape index (κ1) is 12.8. The highest BCUT2D eigenvalue weighted by atomic mass is 16.6. The molecule has 0 amide bonds. The molecule has 1 heterocycles. The standard InChI is InChI=1S/C18H18O3/c1-11-5-6-12(2)14-13(11)7-10-17-8-3-4-9-18(14,17)16(20)21-15(17)19/h3-6H,7-10H2,1-2H3/t17-,18+/m0/s1. The van der Waals surface area contributed by atoms with E-state index in [-0.39, 0.29) is 11.9 Å². The zero-order valence-corrected chi connectivity index (χ0v) is 12.4. The van der Waals surface area contributed by atoms with Gasteiger partial charge in [-0.25, -0.2) is 0 Å². The van der Waals surface area contributed by atoms with Gasteiger partial charge in [-0.05, 0) is 61.8 Å². The molecule has 0 saturated carbocycles. The number of hydrogen-bond acceptors (Lipinski definition) is 3. The first-order valence-corrected chi connectivity index (χ1v) is 7.54. The van der Waals surface area contributed by atoms with Gasteiger partial charge in [0.15, 0.2) is 0 Å². The van der Waals surface area contributed by atoms with Crippen LogP contribution in [0, 0.1) is 19.3 Å². The minimum atomic E-state index is -0.789. The van der Waals surface area contributed by atoms with Crippen LogP contribution in [0.2, 0.25) is 0 Å². The zero-order valence-electron chi connectivity index (χ0n) is 12.4. The van der Waals surface area contributed by atoms with Gasteiger partial charge in [-0.1, -0.05) is 24.3 Å². The number of fused-ring (bicyclic) bond motifs is 1. The van der Waals surface area contributed by atoms with Crippen molar-refractivity contribution in [3.8, 4) is 0 Å². The number of ether oxygens (including phenoxy) is 1. The van der Waals surface area contributed by atoms with E-state index in [9.17, 15) is 9.59 Å². The van der Waals surface area contributed by atoms with Gasteiger partial charge in [0.1, 0.15) is 5.41 Å². The molecule has 2 atom stereocenters. The number of benzene rings is 1. The largest absolute Gasteiger partial charge is 0.392 e. The second-order valence-electron chi connectivity index (χ2n) is 6.60. The van der Waals surface area contributed by atoms with Crippen molar-refractivity contribution in [2.75, 3.05) is 0 Å². The molecule has 0 spiro atoms. The molecule has 1 aromatic carbocycles. The van der Waals surface area contributed by atoms with Crippen LogP contribution in [0.4, 0.5) is 0 Å². The lowest BCUT2D eigenvalue weighted by molar-refractivity contribution is -0.155. The molecular formula is C18H18O3. The Morgan fingerprint density at radius 1 is 1.00 bits per heavy atom. The Morgan fingerprint density at radius 3 is 2.52 bits per heavy atom. The average molecular weight is 282 g/mol. The van der Waals surface area contributed by atoms with Crippen molar-refractivity contribution < 1.29 is 14.3 Å². The average Bonchev–Trinajstić information content (AvgIpc) is 2.72. The van der Waals surface area contributed by atoms with Crippen molar-refractivity contribution in [1.29, 1.82) is 0 Å². The number of carbonyl (C=O) groups excluding carboxylic acids is 2. The lowest BCUT2D eigenvalue weighted by atomic mass is 9.50. The molecule has 1 saturated heterocycles. The molecule has 0 radical (unpaired) electrons. The summed E-state index contributed by atoms with van der Waals surface area (Å²) in [7, 11) is 0. The zero-order chi connectivity index (χ0) is 14.8. The van der Waals surface area contributed by atoms with Crippen LogP contribution in [0.5, 0.6) is 0 Å². The van der Waals surface area contributed by atoms with E-state index in [1.54, 1.807) is 0 Å². The van der Waals surface area contributed by atoms with Crippen LogP contribution in [0.15, 0.2) is 24.3 Å². The van der Waals surface area contributed by atoms with E-state index in [0.717, 1.165) is 17.5 Å². The minimum Gasteiger partial charge on any atom is -0.392 e. The van der Waals surface area contributed by atoms with Crippen LogP contribution in [-0.2, 0) is 26.2 Å². The maximum absolute atomic E-state index is 12.7. The molecule has 0 aromatic heterocycles. The van der Waals surface area contributed by atoms with Gasteiger partial charge in [0.25, 0.3) is 0 Å². The molecule has 1 fully saturated rings. The molecule has 1 aromatic rings.